The number of halogens is 2. The Kier molecular flexibility index (Phi) is 7.10. The average molecular weight is 490 g/mol. The number of nitrogens with one attached hydrogen (secondary N) is 1. The smallest absolute Gasteiger partial charge is 0.271 e. The van der Waals surface area contributed by atoms with Gasteiger partial charge < -0.3 is 14.8 Å². The summed E-state index contributed by atoms with van der Waals surface area (Å²) in [6.07, 6.45) is 2.70. The lowest BCUT2D eigenvalue weighted by atomic mass is 10.1. The van der Waals surface area contributed by atoms with Crippen molar-refractivity contribution in [2.24, 2.45) is 0 Å². The van der Waals surface area contributed by atoms with E-state index in [0.29, 0.717) is 19.3 Å². The van der Waals surface area contributed by atoms with E-state index < -0.39 is 33.7 Å². The number of rotatable bonds is 7. The molecule has 2 heterocycles. The average Bonchev–Trinajstić information content (AvgIpc) is 2.85. The van der Waals surface area contributed by atoms with Gasteiger partial charge in [0.2, 0.25) is 16.1 Å². The molecule has 1 aliphatic rings. The Labute approximate surface area is 194 Å². The van der Waals surface area contributed by atoms with Crippen molar-refractivity contribution in [2.45, 2.75) is 11.0 Å². The number of ether oxygens (including phenoxy) is 2. The highest BCUT2D eigenvalue weighted by molar-refractivity contribution is 7.89. The SMILES string of the molecule is O=C(Nc1cnccn1)C(Oc1ccc(F)cc1F)c1ccc(S(=O)(=O)N2CCOCC2)cc1. The molecule has 0 aliphatic carbocycles. The van der Waals surface area contributed by atoms with Crippen molar-refractivity contribution < 1.29 is 31.5 Å². The molecule has 3 aromatic rings. The van der Waals surface area contributed by atoms with Crippen molar-refractivity contribution in [1.29, 1.82) is 0 Å². The zero-order valence-corrected chi connectivity index (χ0v) is 18.5. The van der Waals surface area contributed by atoms with Crippen LogP contribution in [0.4, 0.5) is 14.6 Å². The minimum absolute atomic E-state index is 0.0270. The van der Waals surface area contributed by atoms with Crippen molar-refractivity contribution in [3.8, 4) is 5.75 Å². The number of amides is 1. The molecule has 0 radical (unpaired) electrons. The summed E-state index contributed by atoms with van der Waals surface area (Å²) in [6.45, 7) is 1.08. The maximum Gasteiger partial charge on any atom is 0.271 e. The second-order valence-electron chi connectivity index (χ2n) is 7.24. The molecule has 1 aromatic heterocycles. The van der Waals surface area contributed by atoms with Gasteiger partial charge in [0.15, 0.2) is 17.4 Å². The van der Waals surface area contributed by atoms with Gasteiger partial charge in [-0.2, -0.15) is 4.31 Å². The Morgan fingerprint density at radius 3 is 2.47 bits per heavy atom. The number of anilines is 1. The third-order valence-corrected chi connectivity index (χ3v) is 6.89. The van der Waals surface area contributed by atoms with E-state index in [0.717, 1.165) is 12.1 Å². The number of nitrogens with zero attached hydrogens (tertiary/aromatic N) is 3. The van der Waals surface area contributed by atoms with Crippen LogP contribution in [0.3, 0.4) is 0 Å². The third kappa shape index (κ3) is 5.35. The van der Waals surface area contributed by atoms with Crippen LogP contribution in [0.15, 0.2) is 66.0 Å². The van der Waals surface area contributed by atoms with Crippen molar-refractivity contribution in [1.82, 2.24) is 14.3 Å². The molecular weight excluding hydrogens is 470 g/mol. The fourth-order valence-electron chi connectivity index (χ4n) is 3.28. The Hall–Kier alpha value is -3.48. The molecule has 1 aliphatic heterocycles. The Balaban J connectivity index is 1.63. The van der Waals surface area contributed by atoms with Gasteiger partial charge in [0.05, 0.1) is 24.3 Å². The zero-order valence-electron chi connectivity index (χ0n) is 17.7. The minimum Gasteiger partial charge on any atom is -0.473 e. The monoisotopic (exact) mass is 490 g/mol. The van der Waals surface area contributed by atoms with Crippen molar-refractivity contribution in [2.75, 3.05) is 31.6 Å². The number of benzene rings is 2. The number of hydrogen-bond acceptors (Lipinski definition) is 7. The number of aromatic nitrogens is 2. The standard InChI is InChI=1S/C22H20F2N4O5S/c23-16-3-6-19(18(24)13-16)33-21(22(29)27-20-14-25-7-8-26-20)15-1-4-17(5-2-15)34(30,31)28-9-11-32-12-10-28/h1-8,13-14,21H,9-12H2,(H,26,27,29). The van der Waals surface area contributed by atoms with E-state index in [9.17, 15) is 22.0 Å². The minimum atomic E-state index is -3.75. The molecule has 9 nitrogen and oxygen atoms in total. The number of sulfonamides is 1. The molecule has 4 rings (SSSR count). The first-order chi connectivity index (χ1) is 16.3. The molecule has 178 valence electrons. The molecule has 34 heavy (non-hydrogen) atoms. The second-order valence-corrected chi connectivity index (χ2v) is 9.18. The molecule has 1 saturated heterocycles. The fraction of sp³-hybridized carbons (Fsp3) is 0.227. The van der Waals surface area contributed by atoms with Crippen LogP contribution in [-0.2, 0) is 19.6 Å². The van der Waals surface area contributed by atoms with Crippen molar-refractivity contribution in [3.63, 3.8) is 0 Å². The van der Waals surface area contributed by atoms with E-state index in [2.05, 4.69) is 15.3 Å². The zero-order chi connectivity index (χ0) is 24.1. The first-order valence-electron chi connectivity index (χ1n) is 10.2. The quantitative estimate of drug-likeness (QED) is 0.542. The summed E-state index contributed by atoms with van der Waals surface area (Å²) >= 11 is 0. The van der Waals surface area contributed by atoms with Crippen LogP contribution in [-0.4, -0.2) is 54.9 Å². The molecule has 0 saturated carbocycles. The number of morpholine rings is 1. The topological polar surface area (TPSA) is 111 Å². The van der Waals surface area contributed by atoms with Gasteiger partial charge in [-0.3, -0.25) is 9.78 Å². The normalized spacial score (nSPS) is 15.5. The summed E-state index contributed by atoms with van der Waals surface area (Å²) in [5.74, 6) is -2.74. The summed E-state index contributed by atoms with van der Waals surface area (Å²) in [6, 6.07) is 8.16. The van der Waals surface area contributed by atoms with Crippen LogP contribution in [0.1, 0.15) is 11.7 Å². The molecule has 12 heteroatoms. The first kappa shape index (κ1) is 23.7. The van der Waals surface area contributed by atoms with Crippen LogP contribution >= 0.6 is 0 Å². The largest absolute Gasteiger partial charge is 0.473 e. The molecule has 1 fully saturated rings. The van der Waals surface area contributed by atoms with Gasteiger partial charge in [-0.05, 0) is 24.3 Å². The van der Waals surface area contributed by atoms with Crippen LogP contribution in [0.5, 0.6) is 5.75 Å². The summed E-state index contributed by atoms with van der Waals surface area (Å²) in [5, 5.41) is 2.51. The van der Waals surface area contributed by atoms with E-state index >= 15 is 0 Å². The van der Waals surface area contributed by atoms with Gasteiger partial charge in [0, 0.05) is 37.1 Å². The molecule has 0 spiro atoms. The van der Waals surface area contributed by atoms with E-state index in [1.807, 2.05) is 0 Å². The predicted molar refractivity (Wildman–Crippen MR) is 116 cm³/mol. The highest BCUT2D eigenvalue weighted by Crippen LogP contribution is 2.28. The van der Waals surface area contributed by atoms with Gasteiger partial charge in [-0.25, -0.2) is 22.2 Å². The van der Waals surface area contributed by atoms with E-state index in [-0.39, 0.29) is 35.1 Å². The number of hydrogen-bond donors (Lipinski definition) is 1. The summed E-state index contributed by atoms with van der Waals surface area (Å²) in [5.41, 5.74) is 0.242. The lowest BCUT2D eigenvalue weighted by Crippen LogP contribution is -2.40. The molecule has 1 atom stereocenters. The second kappa shape index (κ2) is 10.2. The van der Waals surface area contributed by atoms with Crippen LogP contribution < -0.4 is 10.1 Å². The van der Waals surface area contributed by atoms with Crippen molar-refractivity contribution in [3.05, 3.63) is 78.3 Å². The Morgan fingerprint density at radius 2 is 1.82 bits per heavy atom. The Morgan fingerprint density at radius 1 is 1.09 bits per heavy atom. The van der Waals surface area contributed by atoms with Crippen LogP contribution in [0.25, 0.3) is 0 Å². The van der Waals surface area contributed by atoms with Crippen LogP contribution in [0.2, 0.25) is 0 Å². The predicted octanol–water partition coefficient (Wildman–Crippen LogP) is 2.53. The van der Waals surface area contributed by atoms with E-state index in [4.69, 9.17) is 9.47 Å². The van der Waals surface area contributed by atoms with Crippen molar-refractivity contribution >= 4 is 21.7 Å². The molecule has 1 unspecified atom stereocenters. The highest BCUT2D eigenvalue weighted by Gasteiger charge is 2.28. The lowest BCUT2D eigenvalue weighted by Gasteiger charge is -2.26. The molecule has 2 aromatic carbocycles. The summed E-state index contributed by atoms with van der Waals surface area (Å²) in [7, 11) is -3.75. The lowest BCUT2D eigenvalue weighted by molar-refractivity contribution is -0.123. The van der Waals surface area contributed by atoms with E-state index in [1.165, 1.54) is 47.2 Å². The van der Waals surface area contributed by atoms with Crippen LogP contribution in [0, 0.1) is 11.6 Å². The highest BCUT2D eigenvalue weighted by atomic mass is 32.2. The summed E-state index contributed by atoms with van der Waals surface area (Å²) in [4.78, 5) is 20.8. The molecule has 0 bridgehead atoms. The van der Waals surface area contributed by atoms with Gasteiger partial charge in [0.1, 0.15) is 5.82 Å². The molecular formula is C22H20F2N4O5S. The maximum atomic E-state index is 14.2. The van der Waals surface area contributed by atoms with Gasteiger partial charge in [0.25, 0.3) is 5.91 Å². The number of carbonyl (C=O) groups is 1. The van der Waals surface area contributed by atoms with Gasteiger partial charge in [-0.1, -0.05) is 12.1 Å². The molecule has 1 amide bonds. The van der Waals surface area contributed by atoms with E-state index in [1.54, 1.807) is 0 Å². The van der Waals surface area contributed by atoms with Gasteiger partial charge >= 0.3 is 0 Å². The fourth-order valence-corrected chi connectivity index (χ4v) is 4.68. The first-order valence-corrected chi connectivity index (χ1v) is 11.6. The Bertz CT molecular complexity index is 1250. The summed E-state index contributed by atoms with van der Waals surface area (Å²) < 4.78 is 65.4. The third-order valence-electron chi connectivity index (χ3n) is 4.98. The maximum absolute atomic E-state index is 14.2. The molecule has 1 N–H and O–H groups in total. The van der Waals surface area contributed by atoms with Gasteiger partial charge in [-0.15, -0.1) is 0 Å². The number of carbonyl (C=O) groups excluding carboxylic acids is 1.